The van der Waals surface area contributed by atoms with Gasteiger partial charge in [0.2, 0.25) is 11.8 Å². The van der Waals surface area contributed by atoms with E-state index in [2.05, 4.69) is 36.4 Å². The van der Waals surface area contributed by atoms with Gasteiger partial charge < -0.3 is 20.1 Å². The number of anilines is 1. The lowest BCUT2D eigenvalue weighted by Gasteiger charge is -2.33. The van der Waals surface area contributed by atoms with Crippen LogP contribution in [0.5, 0.6) is 5.75 Å². The molecule has 3 unspecified atom stereocenters. The highest BCUT2D eigenvalue weighted by molar-refractivity contribution is 5.96. The maximum absolute atomic E-state index is 13.7. The fourth-order valence-electron chi connectivity index (χ4n) is 4.80. The smallest absolute Gasteiger partial charge is 0.232 e. The van der Waals surface area contributed by atoms with Gasteiger partial charge >= 0.3 is 0 Å². The number of hydrogen-bond donors (Lipinski definition) is 2. The summed E-state index contributed by atoms with van der Waals surface area (Å²) in [4.78, 5) is 33.4. The van der Waals surface area contributed by atoms with Crippen LogP contribution >= 0.6 is 0 Å². The van der Waals surface area contributed by atoms with Gasteiger partial charge in [0.05, 0.1) is 31.1 Å². The molecule has 35 heavy (non-hydrogen) atoms. The Balaban J connectivity index is 1.70. The van der Waals surface area contributed by atoms with E-state index < -0.39 is 0 Å². The van der Waals surface area contributed by atoms with E-state index in [1.807, 2.05) is 31.0 Å². The van der Waals surface area contributed by atoms with E-state index in [0.717, 1.165) is 37.0 Å². The van der Waals surface area contributed by atoms with Crippen LogP contribution < -0.4 is 20.3 Å². The quantitative estimate of drug-likeness (QED) is 0.442. The monoisotopic (exact) mass is 488 g/mol. The maximum Gasteiger partial charge on any atom is 0.232 e. The Hall–Kier alpha value is -2.19. The third kappa shape index (κ3) is 7.64. The van der Waals surface area contributed by atoms with Gasteiger partial charge in [-0.25, -0.2) is 4.98 Å². The number of pyridine rings is 1. The predicted molar refractivity (Wildman–Crippen MR) is 138 cm³/mol. The number of hydrogen-bond acceptors (Lipinski definition) is 6. The first-order valence-corrected chi connectivity index (χ1v) is 13.4. The van der Waals surface area contributed by atoms with Crippen molar-refractivity contribution >= 4 is 17.6 Å². The normalized spacial score (nSPS) is 21.0. The number of aryl methyl sites for hydroxylation is 1. The number of rotatable bonds is 13. The molecule has 3 atom stereocenters. The molecule has 2 aliphatic rings. The Kier molecular flexibility index (Phi) is 10.3. The van der Waals surface area contributed by atoms with Crippen molar-refractivity contribution in [2.75, 3.05) is 37.8 Å². The van der Waals surface area contributed by atoms with Gasteiger partial charge in [0.25, 0.3) is 0 Å². The van der Waals surface area contributed by atoms with E-state index in [9.17, 15) is 9.59 Å². The summed E-state index contributed by atoms with van der Waals surface area (Å²) >= 11 is 0. The molecule has 0 spiro atoms. The van der Waals surface area contributed by atoms with Crippen molar-refractivity contribution in [3.8, 4) is 5.75 Å². The highest BCUT2D eigenvalue weighted by atomic mass is 16.5. The number of carbonyl (C=O) groups is 2. The van der Waals surface area contributed by atoms with E-state index in [0.29, 0.717) is 51.1 Å². The second kappa shape index (κ2) is 13.2. The van der Waals surface area contributed by atoms with E-state index in [-0.39, 0.29) is 35.7 Å². The largest absolute Gasteiger partial charge is 0.493 e. The number of aromatic nitrogens is 1. The SMILES string of the molecule is CCOCC(CC(C)C)NC(=O)C1CNCC(C(=O)N(c2cc(OCC)c(CC)cn2)C2CC2)C1. The standard InChI is InChI=1S/C27H44N4O4/c1-6-19-16-29-25(13-24(19)35-8-3)31(23-9-10-23)27(33)21-12-20(14-28-15-21)26(32)30-22(11-18(4)5)17-34-7-2/h13,16,18,20-23,28H,6-12,14-15,17H2,1-5H3,(H,30,32). The first kappa shape index (κ1) is 27.4. The van der Waals surface area contributed by atoms with Crippen molar-refractivity contribution in [2.24, 2.45) is 17.8 Å². The van der Waals surface area contributed by atoms with Crippen molar-refractivity contribution in [2.45, 2.75) is 78.8 Å². The van der Waals surface area contributed by atoms with Gasteiger partial charge in [0.15, 0.2) is 0 Å². The number of nitrogens with zero attached hydrogens (tertiary/aromatic N) is 2. The Morgan fingerprint density at radius 1 is 1.17 bits per heavy atom. The van der Waals surface area contributed by atoms with Crippen molar-refractivity contribution in [1.82, 2.24) is 15.6 Å². The van der Waals surface area contributed by atoms with Gasteiger partial charge in [-0.05, 0) is 51.9 Å². The number of carbonyl (C=O) groups excluding carboxylic acids is 2. The first-order chi connectivity index (χ1) is 16.9. The molecular formula is C27H44N4O4. The lowest BCUT2D eigenvalue weighted by Crippen LogP contribution is -2.51. The topological polar surface area (TPSA) is 92.8 Å². The molecule has 3 rings (SSSR count). The summed E-state index contributed by atoms with van der Waals surface area (Å²) < 4.78 is 11.4. The molecule has 1 aromatic rings. The lowest BCUT2D eigenvalue weighted by molar-refractivity contribution is -0.129. The molecule has 1 aliphatic heterocycles. The van der Waals surface area contributed by atoms with Crippen LogP contribution in [0.15, 0.2) is 12.3 Å². The second-order valence-electron chi connectivity index (χ2n) is 10.2. The molecule has 196 valence electrons. The van der Waals surface area contributed by atoms with Crippen LogP contribution in [0.4, 0.5) is 5.82 Å². The van der Waals surface area contributed by atoms with E-state index >= 15 is 0 Å². The first-order valence-electron chi connectivity index (χ1n) is 13.4. The Morgan fingerprint density at radius 2 is 1.91 bits per heavy atom. The molecule has 2 fully saturated rings. The van der Waals surface area contributed by atoms with E-state index in [1.165, 1.54) is 0 Å². The molecule has 1 saturated heterocycles. The zero-order chi connectivity index (χ0) is 25.4. The number of amides is 2. The molecule has 1 aromatic heterocycles. The minimum Gasteiger partial charge on any atom is -0.493 e. The van der Waals surface area contributed by atoms with Crippen LogP contribution in [0.1, 0.15) is 65.9 Å². The Labute approximate surface area is 210 Å². The van der Waals surface area contributed by atoms with Crippen LogP contribution in [-0.4, -0.2) is 61.8 Å². The van der Waals surface area contributed by atoms with Gasteiger partial charge in [0.1, 0.15) is 11.6 Å². The van der Waals surface area contributed by atoms with Gasteiger partial charge in [0, 0.05) is 43.6 Å². The molecule has 1 saturated carbocycles. The number of nitrogens with one attached hydrogen (secondary N) is 2. The number of ether oxygens (including phenoxy) is 2. The van der Waals surface area contributed by atoms with Crippen molar-refractivity contribution in [1.29, 1.82) is 0 Å². The zero-order valence-corrected chi connectivity index (χ0v) is 22.1. The van der Waals surface area contributed by atoms with Crippen molar-refractivity contribution < 1.29 is 19.1 Å². The molecular weight excluding hydrogens is 444 g/mol. The summed E-state index contributed by atoms with van der Waals surface area (Å²) in [5.41, 5.74) is 1.04. The van der Waals surface area contributed by atoms with Gasteiger partial charge in [-0.1, -0.05) is 20.8 Å². The molecule has 8 heteroatoms. The summed E-state index contributed by atoms with van der Waals surface area (Å²) in [6.45, 7) is 13.2. The van der Waals surface area contributed by atoms with Crippen LogP contribution in [-0.2, 0) is 20.7 Å². The molecule has 2 N–H and O–H groups in total. The third-order valence-electron chi connectivity index (χ3n) is 6.70. The third-order valence-corrected chi connectivity index (χ3v) is 6.70. The average molecular weight is 489 g/mol. The van der Waals surface area contributed by atoms with Crippen LogP contribution in [0, 0.1) is 17.8 Å². The van der Waals surface area contributed by atoms with Crippen molar-refractivity contribution in [3.05, 3.63) is 17.8 Å². The van der Waals surface area contributed by atoms with Crippen LogP contribution in [0.3, 0.4) is 0 Å². The summed E-state index contributed by atoms with van der Waals surface area (Å²) in [7, 11) is 0. The fourth-order valence-corrected chi connectivity index (χ4v) is 4.80. The van der Waals surface area contributed by atoms with E-state index in [1.54, 1.807) is 0 Å². The number of piperidine rings is 1. The minimum atomic E-state index is -0.265. The van der Waals surface area contributed by atoms with Gasteiger partial charge in [-0.15, -0.1) is 0 Å². The minimum absolute atomic E-state index is 0.00220. The molecule has 0 radical (unpaired) electrons. The molecule has 1 aliphatic carbocycles. The van der Waals surface area contributed by atoms with Gasteiger partial charge in [-0.3, -0.25) is 14.5 Å². The van der Waals surface area contributed by atoms with Crippen LogP contribution in [0.25, 0.3) is 0 Å². The highest BCUT2D eigenvalue weighted by Crippen LogP contribution is 2.35. The van der Waals surface area contributed by atoms with Gasteiger partial charge in [-0.2, -0.15) is 0 Å². The fraction of sp³-hybridized carbons (Fsp3) is 0.741. The summed E-state index contributed by atoms with van der Waals surface area (Å²) in [5, 5.41) is 6.52. The van der Waals surface area contributed by atoms with Crippen LogP contribution in [0.2, 0.25) is 0 Å². The Morgan fingerprint density at radius 3 is 2.54 bits per heavy atom. The molecule has 0 aromatic carbocycles. The van der Waals surface area contributed by atoms with Crippen molar-refractivity contribution in [3.63, 3.8) is 0 Å². The molecule has 2 heterocycles. The Bertz CT molecular complexity index is 842. The molecule has 8 nitrogen and oxygen atoms in total. The summed E-state index contributed by atoms with van der Waals surface area (Å²) in [5.74, 6) is 1.44. The molecule has 2 amide bonds. The summed E-state index contributed by atoms with van der Waals surface area (Å²) in [6, 6.07) is 2.07. The highest BCUT2D eigenvalue weighted by Gasteiger charge is 2.40. The zero-order valence-electron chi connectivity index (χ0n) is 22.1. The predicted octanol–water partition coefficient (Wildman–Crippen LogP) is 3.33. The van der Waals surface area contributed by atoms with E-state index in [4.69, 9.17) is 9.47 Å². The maximum atomic E-state index is 13.7. The second-order valence-corrected chi connectivity index (χ2v) is 10.2. The summed E-state index contributed by atoms with van der Waals surface area (Å²) in [6.07, 6.45) is 6.01. The molecule has 0 bridgehead atoms. The average Bonchev–Trinajstić information content (AvgIpc) is 3.68. The lowest BCUT2D eigenvalue weighted by atomic mass is 9.88.